The fraction of sp³-hybridized carbons (Fsp3) is 0.412. The third-order valence-corrected chi connectivity index (χ3v) is 4.41. The number of likely N-dealkylation sites (N-methyl/N-ethyl adjacent to an activating group) is 1. The van der Waals surface area contributed by atoms with Crippen LogP contribution in [0.2, 0.25) is 0 Å². The Morgan fingerprint density at radius 1 is 1.28 bits per heavy atom. The molecule has 25 heavy (non-hydrogen) atoms. The van der Waals surface area contributed by atoms with E-state index in [1.165, 1.54) is 7.11 Å². The van der Waals surface area contributed by atoms with Gasteiger partial charge in [0.2, 0.25) is 11.8 Å². The second kappa shape index (κ2) is 7.26. The summed E-state index contributed by atoms with van der Waals surface area (Å²) in [6.07, 6.45) is 2.30. The Morgan fingerprint density at radius 2 is 2.00 bits per heavy atom. The molecule has 5 nitrogen and oxygen atoms in total. The molecule has 0 saturated carbocycles. The molecule has 0 bridgehead atoms. The largest absolute Gasteiger partial charge is 0.481 e. The smallest absolute Gasteiger partial charge is 0.226 e. The van der Waals surface area contributed by atoms with Gasteiger partial charge in [-0.25, -0.2) is 18.2 Å². The van der Waals surface area contributed by atoms with Crippen LogP contribution < -0.4 is 10.1 Å². The number of nitrogens with one attached hydrogen (secondary N) is 1. The van der Waals surface area contributed by atoms with Crippen LogP contribution in [0.5, 0.6) is 5.88 Å². The van der Waals surface area contributed by atoms with Crippen LogP contribution in [0.25, 0.3) is 0 Å². The second-order valence-corrected chi connectivity index (χ2v) is 5.83. The number of likely N-dealkylation sites (tertiary alicyclic amines) is 1. The predicted octanol–water partition coefficient (Wildman–Crippen LogP) is 3.15. The fourth-order valence-corrected chi connectivity index (χ4v) is 3.24. The van der Waals surface area contributed by atoms with E-state index in [9.17, 15) is 13.2 Å². The maximum atomic E-state index is 13.7. The molecular formula is C17H19F3N4O. The van der Waals surface area contributed by atoms with Crippen LogP contribution in [-0.2, 0) is 0 Å². The van der Waals surface area contributed by atoms with Gasteiger partial charge in [-0.05, 0) is 30.7 Å². The first-order chi connectivity index (χ1) is 12.0. The molecule has 0 spiro atoms. The zero-order chi connectivity index (χ0) is 18.0. The van der Waals surface area contributed by atoms with Crippen molar-refractivity contribution >= 4 is 5.95 Å². The van der Waals surface area contributed by atoms with Gasteiger partial charge >= 0.3 is 0 Å². The van der Waals surface area contributed by atoms with E-state index in [0.717, 1.165) is 25.1 Å². The summed E-state index contributed by atoms with van der Waals surface area (Å²) in [4.78, 5) is 10.4. The maximum absolute atomic E-state index is 13.7. The first-order valence-electron chi connectivity index (χ1n) is 8.05. The highest BCUT2D eigenvalue weighted by atomic mass is 19.2. The van der Waals surface area contributed by atoms with Crippen molar-refractivity contribution in [3.63, 3.8) is 0 Å². The lowest BCUT2D eigenvalue weighted by Crippen LogP contribution is -2.32. The highest BCUT2D eigenvalue weighted by Crippen LogP contribution is 2.35. The zero-order valence-corrected chi connectivity index (χ0v) is 14.0. The third kappa shape index (κ3) is 3.53. The molecule has 1 saturated heterocycles. The first kappa shape index (κ1) is 17.5. The molecule has 1 N–H and O–H groups in total. The summed E-state index contributed by atoms with van der Waals surface area (Å²) >= 11 is 0. The van der Waals surface area contributed by atoms with Gasteiger partial charge < -0.3 is 10.1 Å². The minimum Gasteiger partial charge on any atom is -0.481 e. The van der Waals surface area contributed by atoms with Crippen LogP contribution in [0.4, 0.5) is 19.1 Å². The van der Waals surface area contributed by atoms with Crippen LogP contribution in [-0.4, -0.2) is 41.1 Å². The molecule has 8 heteroatoms. The van der Waals surface area contributed by atoms with Gasteiger partial charge in [-0.15, -0.1) is 0 Å². The Bertz CT molecular complexity index is 735. The standard InChI is InChI=1S/C17H19F3N4O/c1-3-24-7-5-13(22-17-21-6-4-14(23-17)25-2)16(24)10-8-11(18)15(20)12(19)9-10/h4,6,8-9,13,16H,3,5,7H2,1-2H3,(H,21,22,23). The van der Waals surface area contributed by atoms with E-state index < -0.39 is 17.5 Å². The van der Waals surface area contributed by atoms with Crippen LogP contribution in [0, 0.1) is 17.5 Å². The molecule has 2 aromatic rings. The summed E-state index contributed by atoms with van der Waals surface area (Å²) in [5.41, 5.74) is 0.385. The molecule has 1 aromatic carbocycles. The van der Waals surface area contributed by atoms with Crippen LogP contribution >= 0.6 is 0 Å². The summed E-state index contributed by atoms with van der Waals surface area (Å²) < 4.78 is 45.7. The Balaban J connectivity index is 1.90. The number of hydrogen-bond acceptors (Lipinski definition) is 5. The minimum absolute atomic E-state index is 0.170. The number of ether oxygens (including phenoxy) is 1. The normalized spacial score (nSPS) is 20.7. The summed E-state index contributed by atoms with van der Waals surface area (Å²) in [5, 5.41) is 3.20. The Hall–Kier alpha value is -2.35. The molecule has 2 heterocycles. The van der Waals surface area contributed by atoms with Crippen molar-refractivity contribution in [1.29, 1.82) is 0 Å². The van der Waals surface area contributed by atoms with Crippen molar-refractivity contribution in [2.75, 3.05) is 25.5 Å². The van der Waals surface area contributed by atoms with Gasteiger partial charge in [-0.3, -0.25) is 4.90 Å². The van der Waals surface area contributed by atoms with Gasteiger partial charge in [0.25, 0.3) is 0 Å². The summed E-state index contributed by atoms with van der Waals surface area (Å²) in [6, 6.07) is 3.25. The molecule has 1 aliphatic rings. The highest BCUT2D eigenvalue weighted by Gasteiger charge is 2.36. The molecule has 1 aliphatic heterocycles. The lowest BCUT2D eigenvalue weighted by atomic mass is 9.99. The molecule has 134 valence electrons. The van der Waals surface area contributed by atoms with E-state index in [1.54, 1.807) is 12.3 Å². The molecule has 0 radical (unpaired) electrons. The predicted molar refractivity (Wildman–Crippen MR) is 86.9 cm³/mol. The molecule has 2 unspecified atom stereocenters. The molecule has 3 rings (SSSR count). The van der Waals surface area contributed by atoms with Gasteiger partial charge in [-0.1, -0.05) is 6.92 Å². The number of nitrogens with zero attached hydrogens (tertiary/aromatic N) is 3. The van der Waals surface area contributed by atoms with Crippen molar-refractivity contribution in [3.8, 4) is 5.88 Å². The Kier molecular flexibility index (Phi) is 5.08. The van der Waals surface area contributed by atoms with E-state index >= 15 is 0 Å². The average Bonchev–Trinajstić information content (AvgIpc) is 3.02. The first-order valence-corrected chi connectivity index (χ1v) is 8.05. The highest BCUT2D eigenvalue weighted by molar-refractivity contribution is 5.34. The number of methoxy groups -OCH3 is 1. The van der Waals surface area contributed by atoms with Crippen LogP contribution in [0.15, 0.2) is 24.4 Å². The lowest BCUT2D eigenvalue weighted by molar-refractivity contribution is 0.263. The summed E-state index contributed by atoms with van der Waals surface area (Å²) in [5.74, 6) is -3.04. The van der Waals surface area contributed by atoms with Crippen LogP contribution in [0.1, 0.15) is 24.9 Å². The molecule has 1 fully saturated rings. The Labute approximate surface area is 143 Å². The minimum atomic E-state index is -1.45. The lowest BCUT2D eigenvalue weighted by Gasteiger charge is -2.28. The molecule has 2 atom stereocenters. The molecule has 0 aliphatic carbocycles. The van der Waals surface area contributed by atoms with Crippen molar-refractivity contribution in [1.82, 2.24) is 14.9 Å². The van der Waals surface area contributed by atoms with E-state index in [0.29, 0.717) is 23.9 Å². The zero-order valence-electron chi connectivity index (χ0n) is 14.0. The number of rotatable bonds is 5. The maximum Gasteiger partial charge on any atom is 0.226 e. The second-order valence-electron chi connectivity index (χ2n) is 5.83. The molecular weight excluding hydrogens is 333 g/mol. The average molecular weight is 352 g/mol. The van der Waals surface area contributed by atoms with Crippen molar-refractivity contribution in [3.05, 3.63) is 47.4 Å². The topological polar surface area (TPSA) is 50.3 Å². The van der Waals surface area contributed by atoms with Crippen molar-refractivity contribution < 1.29 is 17.9 Å². The van der Waals surface area contributed by atoms with E-state index in [4.69, 9.17) is 4.74 Å². The monoisotopic (exact) mass is 352 g/mol. The van der Waals surface area contributed by atoms with Gasteiger partial charge in [-0.2, -0.15) is 4.98 Å². The van der Waals surface area contributed by atoms with Gasteiger partial charge in [0.1, 0.15) is 0 Å². The number of anilines is 1. The molecule has 0 amide bonds. The number of hydrogen-bond donors (Lipinski definition) is 1. The quantitative estimate of drug-likeness (QED) is 0.838. The van der Waals surface area contributed by atoms with Crippen LogP contribution in [0.3, 0.4) is 0 Å². The van der Waals surface area contributed by atoms with Gasteiger partial charge in [0.05, 0.1) is 13.2 Å². The molecule has 1 aromatic heterocycles. The third-order valence-electron chi connectivity index (χ3n) is 4.41. The number of aromatic nitrogens is 2. The Morgan fingerprint density at radius 3 is 2.64 bits per heavy atom. The number of halogens is 3. The van der Waals surface area contributed by atoms with Crippen molar-refractivity contribution in [2.45, 2.75) is 25.4 Å². The van der Waals surface area contributed by atoms with Gasteiger partial charge in [0.15, 0.2) is 17.5 Å². The van der Waals surface area contributed by atoms with E-state index in [-0.39, 0.29) is 12.1 Å². The fourth-order valence-electron chi connectivity index (χ4n) is 3.24. The van der Waals surface area contributed by atoms with E-state index in [1.807, 2.05) is 6.92 Å². The summed E-state index contributed by atoms with van der Waals surface area (Å²) in [6.45, 7) is 3.40. The summed E-state index contributed by atoms with van der Waals surface area (Å²) in [7, 11) is 1.51. The number of benzene rings is 1. The van der Waals surface area contributed by atoms with E-state index in [2.05, 4.69) is 20.2 Å². The SMILES string of the molecule is CCN1CCC(Nc2nccc(OC)n2)C1c1cc(F)c(F)c(F)c1. The van der Waals surface area contributed by atoms with Gasteiger partial charge in [0, 0.05) is 24.8 Å². The van der Waals surface area contributed by atoms with Crippen molar-refractivity contribution in [2.24, 2.45) is 0 Å².